The molecule has 2 rings (SSSR count). The van der Waals surface area contributed by atoms with Gasteiger partial charge in [-0.15, -0.1) is 0 Å². The van der Waals surface area contributed by atoms with Gasteiger partial charge in [0.1, 0.15) is 11.4 Å². The van der Waals surface area contributed by atoms with Crippen molar-refractivity contribution in [3.05, 3.63) is 12.0 Å². The summed E-state index contributed by atoms with van der Waals surface area (Å²) in [5.41, 5.74) is -1.47. The van der Waals surface area contributed by atoms with Gasteiger partial charge in [-0.3, -0.25) is 4.79 Å². The van der Waals surface area contributed by atoms with Crippen LogP contribution < -0.4 is 4.72 Å². The Labute approximate surface area is 111 Å². The highest BCUT2D eigenvalue weighted by atomic mass is 32.2. The van der Waals surface area contributed by atoms with E-state index >= 15 is 0 Å². The Kier molecular flexibility index (Phi) is 3.18. The number of carboxylic acids is 1. The van der Waals surface area contributed by atoms with E-state index in [1.165, 1.54) is 13.1 Å². The predicted octanol–water partition coefficient (Wildman–Crippen LogP) is 0.260. The lowest BCUT2D eigenvalue weighted by Gasteiger charge is -2.25. The number of hydrogen-bond acceptors (Lipinski definition) is 4. The third-order valence-corrected chi connectivity index (χ3v) is 4.99. The third-order valence-electron chi connectivity index (χ3n) is 3.55. The number of aliphatic carboxylic acids is 1. The average molecular weight is 287 g/mol. The number of nitrogens with one attached hydrogen (secondary N) is 1. The number of sulfonamides is 1. The van der Waals surface area contributed by atoms with E-state index in [4.69, 9.17) is 0 Å². The van der Waals surface area contributed by atoms with Crippen molar-refractivity contribution < 1.29 is 18.3 Å². The van der Waals surface area contributed by atoms with Crippen molar-refractivity contribution >= 4 is 16.0 Å². The lowest BCUT2D eigenvalue weighted by atomic mass is 9.98. The summed E-state index contributed by atoms with van der Waals surface area (Å²) in [6.07, 6.45) is 2.80. The zero-order valence-electron chi connectivity index (χ0n) is 11.0. The van der Waals surface area contributed by atoms with E-state index in [1.807, 2.05) is 0 Å². The van der Waals surface area contributed by atoms with Crippen LogP contribution in [0.2, 0.25) is 0 Å². The van der Waals surface area contributed by atoms with Crippen molar-refractivity contribution in [3.8, 4) is 0 Å². The van der Waals surface area contributed by atoms with Crippen molar-refractivity contribution in [2.75, 3.05) is 0 Å². The number of aryl methyl sites for hydroxylation is 2. The van der Waals surface area contributed by atoms with Crippen LogP contribution in [0.1, 0.15) is 25.6 Å². The maximum absolute atomic E-state index is 12.2. The van der Waals surface area contributed by atoms with Crippen LogP contribution in [-0.4, -0.2) is 34.6 Å². The SMILES string of the molecule is Cc1nc(S(=O)(=O)NC(C)(C(=O)O)C2CC2)cn1C. The highest BCUT2D eigenvalue weighted by Crippen LogP contribution is 2.40. The second kappa shape index (κ2) is 4.31. The maximum Gasteiger partial charge on any atom is 0.324 e. The molecule has 0 saturated heterocycles. The van der Waals surface area contributed by atoms with Gasteiger partial charge in [-0.1, -0.05) is 0 Å². The Morgan fingerprint density at radius 3 is 2.53 bits per heavy atom. The molecule has 1 unspecified atom stereocenters. The summed E-state index contributed by atoms with van der Waals surface area (Å²) >= 11 is 0. The minimum absolute atomic E-state index is 0.152. The molecule has 8 heteroatoms. The van der Waals surface area contributed by atoms with Gasteiger partial charge in [0.15, 0.2) is 5.03 Å². The standard InChI is InChI=1S/C11H17N3O4S/c1-7-12-9(6-14(7)3)19(17,18)13-11(2,10(15)16)8-4-5-8/h6,8,13H,4-5H2,1-3H3,(H,15,16). The second-order valence-corrected chi connectivity index (χ2v) is 6.75. The van der Waals surface area contributed by atoms with Crippen LogP contribution in [0.4, 0.5) is 0 Å². The van der Waals surface area contributed by atoms with Gasteiger partial charge in [0, 0.05) is 13.2 Å². The summed E-state index contributed by atoms with van der Waals surface area (Å²) in [6.45, 7) is 3.08. The normalized spacial score (nSPS) is 19.1. The topological polar surface area (TPSA) is 101 Å². The number of nitrogens with zero attached hydrogens (tertiary/aromatic N) is 2. The molecule has 0 radical (unpaired) electrons. The van der Waals surface area contributed by atoms with Crippen LogP contribution in [0.5, 0.6) is 0 Å². The Hall–Kier alpha value is -1.41. The molecule has 7 nitrogen and oxygen atoms in total. The van der Waals surface area contributed by atoms with Crippen molar-refractivity contribution in [1.29, 1.82) is 0 Å². The van der Waals surface area contributed by atoms with Crippen LogP contribution in [-0.2, 0) is 21.9 Å². The van der Waals surface area contributed by atoms with Gasteiger partial charge in [0.25, 0.3) is 10.0 Å². The summed E-state index contributed by atoms with van der Waals surface area (Å²) < 4.78 is 28.3. The molecule has 0 amide bonds. The zero-order chi connectivity index (χ0) is 14.4. The predicted molar refractivity (Wildman–Crippen MR) is 67.0 cm³/mol. The Morgan fingerprint density at radius 1 is 1.58 bits per heavy atom. The van der Waals surface area contributed by atoms with E-state index in [-0.39, 0.29) is 10.9 Å². The summed E-state index contributed by atoms with van der Waals surface area (Å²) in [7, 11) is -2.25. The molecule has 0 aromatic carbocycles. The lowest BCUT2D eigenvalue weighted by molar-refractivity contribution is -0.144. The van der Waals surface area contributed by atoms with E-state index < -0.39 is 21.5 Å². The van der Waals surface area contributed by atoms with E-state index in [1.54, 1.807) is 18.5 Å². The fraction of sp³-hybridized carbons (Fsp3) is 0.636. The van der Waals surface area contributed by atoms with Crippen molar-refractivity contribution in [1.82, 2.24) is 14.3 Å². The summed E-state index contributed by atoms with van der Waals surface area (Å²) in [5, 5.41) is 9.11. The molecule has 106 valence electrons. The van der Waals surface area contributed by atoms with Gasteiger partial charge in [0.2, 0.25) is 0 Å². The third kappa shape index (κ3) is 2.50. The van der Waals surface area contributed by atoms with E-state index in [2.05, 4.69) is 9.71 Å². The van der Waals surface area contributed by atoms with Gasteiger partial charge in [-0.2, -0.15) is 4.72 Å². The number of rotatable bonds is 5. The highest BCUT2D eigenvalue weighted by molar-refractivity contribution is 7.89. The molecule has 1 heterocycles. The number of carbonyl (C=O) groups is 1. The van der Waals surface area contributed by atoms with Gasteiger partial charge < -0.3 is 9.67 Å². The fourth-order valence-electron chi connectivity index (χ4n) is 1.95. The Morgan fingerprint density at radius 2 is 2.16 bits per heavy atom. The van der Waals surface area contributed by atoms with Crippen LogP contribution >= 0.6 is 0 Å². The van der Waals surface area contributed by atoms with Crippen LogP contribution in [0.15, 0.2) is 11.2 Å². The van der Waals surface area contributed by atoms with Gasteiger partial charge in [-0.05, 0) is 32.6 Å². The monoisotopic (exact) mass is 287 g/mol. The summed E-state index contributed by atoms with van der Waals surface area (Å²) in [5.74, 6) is -0.778. The van der Waals surface area contributed by atoms with Gasteiger partial charge >= 0.3 is 5.97 Å². The van der Waals surface area contributed by atoms with Crippen molar-refractivity contribution in [2.24, 2.45) is 13.0 Å². The first-order valence-corrected chi connectivity index (χ1v) is 7.42. The zero-order valence-corrected chi connectivity index (χ0v) is 11.9. The molecule has 0 bridgehead atoms. The molecule has 1 aliphatic carbocycles. The van der Waals surface area contributed by atoms with Crippen molar-refractivity contribution in [3.63, 3.8) is 0 Å². The van der Waals surface area contributed by atoms with Crippen molar-refractivity contribution in [2.45, 2.75) is 37.3 Å². The van der Waals surface area contributed by atoms with E-state index in [0.29, 0.717) is 18.7 Å². The molecular formula is C11H17N3O4S. The average Bonchev–Trinajstić information content (AvgIpc) is 3.06. The van der Waals surface area contributed by atoms with Gasteiger partial charge in [0.05, 0.1) is 0 Å². The Bertz CT molecular complexity index is 598. The lowest BCUT2D eigenvalue weighted by Crippen LogP contribution is -2.53. The first-order valence-electron chi connectivity index (χ1n) is 5.94. The van der Waals surface area contributed by atoms with Gasteiger partial charge in [-0.25, -0.2) is 13.4 Å². The van der Waals surface area contributed by atoms with Crippen LogP contribution in [0.3, 0.4) is 0 Å². The first-order chi connectivity index (χ1) is 8.67. The highest BCUT2D eigenvalue weighted by Gasteiger charge is 2.50. The molecule has 0 spiro atoms. The molecule has 0 aliphatic heterocycles. The molecule has 1 atom stereocenters. The number of hydrogen-bond donors (Lipinski definition) is 2. The second-order valence-electron chi connectivity index (χ2n) is 5.12. The molecule has 1 aromatic rings. The van der Waals surface area contributed by atoms with E-state index in [9.17, 15) is 18.3 Å². The largest absolute Gasteiger partial charge is 0.480 e. The molecule has 2 N–H and O–H groups in total. The molecule has 1 aromatic heterocycles. The molecule has 1 aliphatic rings. The number of aromatic nitrogens is 2. The number of imidazole rings is 1. The molecule has 1 fully saturated rings. The smallest absolute Gasteiger partial charge is 0.324 e. The maximum atomic E-state index is 12.2. The minimum Gasteiger partial charge on any atom is -0.480 e. The minimum atomic E-state index is -3.93. The molecular weight excluding hydrogens is 270 g/mol. The quantitative estimate of drug-likeness (QED) is 0.809. The molecule has 19 heavy (non-hydrogen) atoms. The summed E-state index contributed by atoms with van der Waals surface area (Å²) in [6, 6.07) is 0. The fourth-order valence-corrected chi connectivity index (χ4v) is 3.42. The van der Waals surface area contributed by atoms with Crippen LogP contribution in [0, 0.1) is 12.8 Å². The van der Waals surface area contributed by atoms with E-state index in [0.717, 1.165) is 0 Å². The number of carboxylic acid groups (broad SMARTS) is 1. The first kappa shape index (κ1) is 14.0. The Balaban J connectivity index is 2.32. The van der Waals surface area contributed by atoms with Crippen LogP contribution in [0.25, 0.3) is 0 Å². The molecule has 1 saturated carbocycles. The summed E-state index contributed by atoms with van der Waals surface area (Å²) in [4.78, 5) is 15.3.